The number of hydrogen-bond acceptors (Lipinski definition) is 3. The van der Waals surface area contributed by atoms with E-state index in [0.29, 0.717) is 0 Å². The Morgan fingerprint density at radius 3 is 2.43 bits per heavy atom. The van der Waals surface area contributed by atoms with Gasteiger partial charge >= 0.3 is 5.97 Å². The average molecular weight is 282 g/mol. The summed E-state index contributed by atoms with van der Waals surface area (Å²) in [6.07, 6.45) is 0.961. The summed E-state index contributed by atoms with van der Waals surface area (Å²) in [5.41, 5.74) is 4.92. The second-order valence-corrected chi connectivity index (χ2v) is 5.68. The second kappa shape index (κ2) is 4.95. The van der Waals surface area contributed by atoms with Crippen LogP contribution >= 0.6 is 0 Å². The van der Waals surface area contributed by atoms with Crippen molar-refractivity contribution in [2.24, 2.45) is 0 Å². The number of rotatable bonds is 3. The van der Waals surface area contributed by atoms with Crippen LogP contribution in [0.25, 0.3) is 0 Å². The van der Waals surface area contributed by atoms with Gasteiger partial charge in [-0.25, -0.2) is 9.97 Å². The SMILES string of the molecule is Cc1nc(C2Cc3ccccc32)nc(C)c1C(C)C(=O)O. The molecular weight excluding hydrogens is 264 g/mol. The number of nitrogens with zero attached hydrogens (tertiary/aromatic N) is 2. The van der Waals surface area contributed by atoms with Crippen molar-refractivity contribution in [2.45, 2.75) is 39.0 Å². The third-order valence-corrected chi connectivity index (χ3v) is 4.31. The van der Waals surface area contributed by atoms with Gasteiger partial charge in [-0.3, -0.25) is 4.79 Å². The lowest BCUT2D eigenvalue weighted by Gasteiger charge is -2.29. The van der Waals surface area contributed by atoms with Gasteiger partial charge in [-0.2, -0.15) is 0 Å². The summed E-state index contributed by atoms with van der Waals surface area (Å²) in [5, 5.41) is 9.19. The molecule has 21 heavy (non-hydrogen) atoms. The number of benzene rings is 1. The van der Waals surface area contributed by atoms with Crippen LogP contribution in [0.1, 0.15) is 52.7 Å². The summed E-state index contributed by atoms with van der Waals surface area (Å²) in [4.78, 5) is 20.4. The van der Waals surface area contributed by atoms with Crippen molar-refractivity contribution in [3.63, 3.8) is 0 Å². The fourth-order valence-electron chi connectivity index (χ4n) is 3.15. The van der Waals surface area contributed by atoms with Crippen LogP contribution in [0, 0.1) is 13.8 Å². The summed E-state index contributed by atoms with van der Waals surface area (Å²) < 4.78 is 0. The Kier molecular flexibility index (Phi) is 3.24. The number of aromatic nitrogens is 2. The Hall–Kier alpha value is -2.23. The van der Waals surface area contributed by atoms with Crippen molar-refractivity contribution in [1.82, 2.24) is 9.97 Å². The Balaban J connectivity index is 1.99. The minimum Gasteiger partial charge on any atom is -0.481 e. The van der Waals surface area contributed by atoms with Crippen LogP contribution in [0.15, 0.2) is 24.3 Å². The molecule has 1 N–H and O–H groups in total. The summed E-state index contributed by atoms with van der Waals surface area (Å²) in [7, 11) is 0. The van der Waals surface area contributed by atoms with Gasteiger partial charge in [0.15, 0.2) is 0 Å². The highest BCUT2D eigenvalue weighted by atomic mass is 16.4. The molecule has 2 aromatic rings. The highest BCUT2D eigenvalue weighted by Gasteiger charge is 2.30. The van der Waals surface area contributed by atoms with Crippen molar-refractivity contribution < 1.29 is 9.90 Å². The van der Waals surface area contributed by atoms with Gasteiger partial charge in [0.25, 0.3) is 0 Å². The molecule has 108 valence electrons. The van der Waals surface area contributed by atoms with Crippen LogP contribution in [0.3, 0.4) is 0 Å². The number of carboxylic acid groups (broad SMARTS) is 1. The maximum absolute atomic E-state index is 11.2. The molecule has 1 aromatic heterocycles. The summed E-state index contributed by atoms with van der Waals surface area (Å²) in [5.74, 6) is -0.364. The first kappa shape index (κ1) is 13.7. The van der Waals surface area contributed by atoms with Crippen molar-refractivity contribution in [2.75, 3.05) is 0 Å². The lowest BCUT2D eigenvalue weighted by molar-refractivity contribution is -0.138. The van der Waals surface area contributed by atoms with E-state index in [1.54, 1.807) is 6.92 Å². The van der Waals surface area contributed by atoms with E-state index in [-0.39, 0.29) is 5.92 Å². The zero-order valence-electron chi connectivity index (χ0n) is 12.4. The molecule has 1 aromatic carbocycles. The largest absolute Gasteiger partial charge is 0.481 e. The summed E-state index contributed by atoms with van der Waals surface area (Å²) in [6, 6.07) is 8.33. The first-order chi connectivity index (χ1) is 9.99. The summed E-state index contributed by atoms with van der Waals surface area (Å²) >= 11 is 0. The van der Waals surface area contributed by atoms with E-state index < -0.39 is 11.9 Å². The van der Waals surface area contributed by atoms with E-state index in [1.165, 1.54) is 11.1 Å². The normalized spacial score (nSPS) is 17.8. The zero-order chi connectivity index (χ0) is 15.1. The Morgan fingerprint density at radius 2 is 1.86 bits per heavy atom. The predicted octanol–water partition coefficient (Wildman–Crippen LogP) is 2.97. The lowest BCUT2D eigenvalue weighted by atomic mass is 9.77. The minimum absolute atomic E-state index is 0.243. The molecule has 0 amide bonds. The fraction of sp³-hybridized carbons (Fsp3) is 0.353. The smallest absolute Gasteiger partial charge is 0.310 e. The first-order valence-electron chi connectivity index (χ1n) is 7.14. The van der Waals surface area contributed by atoms with Crippen molar-refractivity contribution >= 4 is 5.97 Å². The fourth-order valence-corrected chi connectivity index (χ4v) is 3.15. The van der Waals surface area contributed by atoms with Gasteiger partial charge in [-0.05, 0) is 38.3 Å². The van der Waals surface area contributed by atoms with Crippen LogP contribution in [-0.4, -0.2) is 21.0 Å². The topological polar surface area (TPSA) is 63.1 Å². The molecular formula is C17H18N2O2. The van der Waals surface area contributed by atoms with Gasteiger partial charge in [-0.15, -0.1) is 0 Å². The minimum atomic E-state index is -0.841. The van der Waals surface area contributed by atoms with E-state index >= 15 is 0 Å². The van der Waals surface area contributed by atoms with E-state index in [1.807, 2.05) is 26.0 Å². The third-order valence-electron chi connectivity index (χ3n) is 4.31. The number of carboxylic acids is 1. The maximum Gasteiger partial charge on any atom is 0.310 e. The monoisotopic (exact) mass is 282 g/mol. The maximum atomic E-state index is 11.2. The number of hydrogen-bond donors (Lipinski definition) is 1. The van der Waals surface area contributed by atoms with Crippen molar-refractivity contribution in [3.05, 3.63) is 58.2 Å². The van der Waals surface area contributed by atoms with Crippen LogP contribution in [0.5, 0.6) is 0 Å². The van der Waals surface area contributed by atoms with Crippen molar-refractivity contribution in [3.8, 4) is 0 Å². The molecule has 4 heteroatoms. The van der Waals surface area contributed by atoms with E-state index in [2.05, 4.69) is 22.1 Å². The molecule has 0 radical (unpaired) electrons. The second-order valence-electron chi connectivity index (χ2n) is 5.68. The standard InChI is InChI=1S/C17H18N2O2/c1-9(17(20)21)15-10(2)18-16(19-11(15)3)14-8-12-6-4-5-7-13(12)14/h4-7,9,14H,8H2,1-3H3,(H,20,21). The number of fused-ring (bicyclic) bond motifs is 1. The Labute approximate surface area is 123 Å². The van der Waals surface area contributed by atoms with Gasteiger partial charge < -0.3 is 5.11 Å². The average Bonchev–Trinajstić information content (AvgIpc) is 2.39. The van der Waals surface area contributed by atoms with Crippen LogP contribution in [0.4, 0.5) is 0 Å². The van der Waals surface area contributed by atoms with E-state index in [9.17, 15) is 9.90 Å². The molecule has 1 aliphatic rings. The Bertz CT molecular complexity index is 701. The predicted molar refractivity (Wildman–Crippen MR) is 79.5 cm³/mol. The molecule has 2 atom stereocenters. The van der Waals surface area contributed by atoms with Gasteiger partial charge in [0, 0.05) is 22.9 Å². The molecule has 0 fully saturated rings. The zero-order valence-corrected chi connectivity index (χ0v) is 12.4. The molecule has 1 heterocycles. The molecule has 3 rings (SSSR count). The van der Waals surface area contributed by atoms with Gasteiger partial charge in [0.2, 0.25) is 0 Å². The van der Waals surface area contributed by atoms with Crippen LogP contribution in [-0.2, 0) is 11.2 Å². The molecule has 0 saturated carbocycles. The highest BCUT2D eigenvalue weighted by molar-refractivity contribution is 5.76. The van der Waals surface area contributed by atoms with Crippen molar-refractivity contribution in [1.29, 1.82) is 0 Å². The van der Waals surface area contributed by atoms with Gasteiger partial charge in [0.1, 0.15) is 5.82 Å². The van der Waals surface area contributed by atoms with E-state index in [4.69, 9.17) is 0 Å². The first-order valence-corrected chi connectivity index (χ1v) is 7.14. The molecule has 0 bridgehead atoms. The molecule has 1 aliphatic carbocycles. The molecule has 0 saturated heterocycles. The van der Waals surface area contributed by atoms with Gasteiger partial charge in [-0.1, -0.05) is 24.3 Å². The molecule has 0 spiro atoms. The van der Waals surface area contributed by atoms with Crippen LogP contribution < -0.4 is 0 Å². The van der Waals surface area contributed by atoms with E-state index in [0.717, 1.165) is 29.2 Å². The summed E-state index contributed by atoms with van der Waals surface area (Å²) in [6.45, 7) is 5.42. The van der Waals surface area contributed by atoms with Crippen LogP contribution in [0.2, 0.25) is 0 Å². The third kappa shape index (κ3) is 2.20. The number of carbonyl (C=O) groups is 1. The molecule has 4 nitrogen and oxygen atoms in total. The highest BCUT2D eigenvalue weighted by Crippen LogP contribution is 2.39. The van der Waals surface area contributed by atoms with Gasteiger partial charge in [0.05, 0.1) is 5.92 Å². The molecule has 2 unspecified atom stereocenters. The number of aliphatic carboxylic acids is 1. The lowest BCUT2D eigenvalue weighted by Crippen LogP contribution is -2.22. The molecule has 0 aliphatic heterocycles. The quantitative estimate of drug-likeness (QED) is 0.940. The Morgan fingerprint density at radius 1 is 1.24 bits per heavy atom. The number of aryl methyl sites for hydroxylation is 2.